The van der Waals surface area contributed by atoms with Crippen LogP contribution in [-0.2, 0) is 10.5 Å². The predicted octanol–water partition coefficient (Wildman–Crippen LogP) is 3.27. The first-order valence-corrected chi connectivity index (χ1v) is 7.16. The second kappa shape index (κ2) is 6.99. The molecule has 0 amide bonds. The molecule has 0 bridgehead atoms. The van der Waals surface area contributed by atoms with E-state index in [-0.39, 0.29) is 5.97 Å². The number of rotatable bonds is 6. The molecule has 0 aliphatic carbocycles. The fourth-order valence-electron chi connectivity index (χ4n) is 1.55. The molecule has 0 saturated heterocycles. The Morgan fingerprint density at radius 1 is 1.47 bits per heavy atom. The van der Waals surface area contributed by atoms with E-state index in [1.54, 1.807) is 30.2 Å². The van der Waals surface area contributed by atoms with Crippen molar-refractivity contribution in [1.29, 1.82) is 0 Å². The molecule has 0 atom stereocenters. The van der Waals surface area contributed by atoms with Crippen LogP contribution in [0.4, 0.5) is 0 Å². The average Bonchev–Trinajstić information content (AvgIpc) is 2.96. The molecule has 2 aromatic rings. The Labute approximate surface area is 116 Å². The Balaban J connectivity index is 1.96. The largest absolute Gasteiger partial charge is 0.462 e. The van der Waals surface area contributed by atoms with Crippen LogP contribution in [0, 0.1) is 0 Å². The Morgan fingerprint density at radius 2 is 2.37 bits per heavy atom. The van der Waals surface area contributed by atoms with Crippen LogP contribution in [0.5, 0.6) is 0 Å². The highest BCUT2D eigenvalue weighted by molar-refractivity contribution is 7.98. The van der Waals surface area contributed by atoms with Crippen LogP contribution >= 0.6 is 11.8 Å². The first-order chi connectivity index (χ1) is 9.29. The van der Waals surface area contributed by atoms with Gasteiger partial charge in [-0.15, -0.1) is 0 Å². The van der Waals surface area contributed by atoms with Gasteiger partial charge in [0.1, 0.15) is 0 Å². The number of aromatic nitrogens is 2. The van der Waals surface area contributed by atoms with E-state index < -0.39 is 0 Å². The zero-order chi connectivity index (χ0) is 13.5. The second-order valence-corrected chi connectivity index (χ2v) is 4.98. The van der Waals surface area contributed by atoms with Gasteiger partial charge in [-0.05, 0) is 24.1 Å². The maximum Gasteiger partial charge on any atom is 0.338 e. The van der Waals surface area contributed by atoms with Gasteiger partial charge in [0.15, 0.2) is 5.16 Å². The van der Waals surface area contributed by atoms with Gasteiger partial charge in [0, 0.05) is 18.1 Å². The van der Waals surface area contributed by atoms with E-state index in [1.807, 2.05) is 25.1 Å². The Hall–Kier alpha value is -1.75. The smallest absolute Gasteiger partial charge is 0.338 e. The summed E-state index contributed by atoms with van der Waals surface area (Å²) < 4.78 is 5.12. The molecule has 0 radical (unpaired) electrons. The number of imidazole rings is 1. The standard InChI is InChI=1S/C14H16N2O2S/c1-2-8-18-13(17)12-5-3-4-11(9-12)10-19-14-15-6-7-16-14/h3-7,9H,2,8,10H2,1H3,(H,15,16). The number of carbonyl (C=O) groups excluding carboxylic acids is 1. The summed E-state index contributed by atoms with van der Waals surface area (Å²) >= 11 is 1.60. The molecular formula is C14H16N2O2S. The number of thioether (sulfide) groups is 1. The molecule has 5 heteroatoms. The van der Waals surface area contributed by atoms with Gasteiger partial charge >= 0.3 is 5.97 Å². The van der Waals surface area contributed by atoms with Gasteiger partial charge in [0.05, 0.1) is 12.2 Å². The number of hydrogen-bond acceptors (Lipinski definition) is 4. The van der Waals surface area contributed by atoms with E-state index in [2.05, 4.69) is 9.97 Å². The van der Waals surface area contributed by atoms with E-state index in [0.29, 0.717) is 12.2 Å². The van der Waals surface area contributed by atoms with Crippen LogP contribution in [0.2, 0.25) is 0 Å². The number of aromatic amines is 1. The highest BCUT2D eigenvalue weighted by Crippen LogP contribution is 2.19. The number of esters is 1. The summed E-state index contributed by atoms with van der Waals surface area (Å²) in [7, 11) is 0. The van der Waals surface area contributed by atoms with Crippen LogP contribution in [-0.4, -0.2) is 22.5 Å². The SMILES string of the molecule is CCCOC(=O)c1cccc(CSc2ncc[nH]2)c1. The monoisotopic (exact) mass is 276 g/mol. The molecule has 19 heavy (non-hydrogen) atoms. The topological polar surface area (TPSA) is 55.0 Å². The highest BCUT2D eigenvalue weighted by Gasteiger charge is 2.07. The molecule has 0 fully saturated rings. The van der Waals surface area contributed by atoms with Crippen molar-refractivity contribution in [3.05, 3.63) is 47.8 Å². The number of nitrogens with one attached hydrogen (secondary N) is 1. The quantitative estimate of drug-likeness (QED) is 0.650. The Kier molecular flexibility index (Phi) is 5.03. The molecule has 0 spiro atoms. The lowest BCUT2D eigenvalue weighted by atomic mass is 10.1. The summed E-state index contributed by atoms with van der Waals surface area (Å²) in [6.07, 6.45) is 4.35. The highest BCUT2D eigenvalue weighted by atomic mass is 32.2. The molecule has 1 aromatic carbocycles. The Bertz CT molecular complexity index is 526. The van der Waals surface area contributed by atoms with Gasteiger partial charge in [-0.1, -0.05) is 30.8 Å². The van der Waals surface area contributed by atoms with Crippen molar-refractivity contribution < 1.29 is 9.53 Å². The fourth-order valence-corrected chi connectivity index (χ4v) is 2.32. The number of ether oxygens (including phenoxy) is 1. The summed E-state index contributed by atoms with van der Waals surface area (Å²) in [4.78, 5) is 18.9. The zero-order valence-electron chi connectivity index (χ0n) is 10.8. The lowest BCUT2D eigenvalue weighted by molar-refractivity contribution is 0.0505. The summed E-state index contributed by atoms with van der Waals surface area (Å²) in [5, 5.41) is 0.874. The van der Waals surface area contributed by atoms with E-state index in [1.165, 1.54) is 0 Å². The molecule has 0 aliphatic rings. The molecule has 4 nitrogen and oxygen atoms in total. The maximum atomic E-state index is 11.7. The minimum atomic E-state index is -0.258. The van der Waals surface area contributed by atoms with E-state index in [9.17, 15) is 4.79 Å². The molecule has 2 rings (SSSR count). The van der Waals surface area contributed by atoms with Gasteiger partial charge < -0.3 is 9.72 Å². The van der Waals surface area contributed by atoms with Crippen molar-refractivity contribution in [2.75, 3.05) is 6.61 Å². The van der Waals surface area contributed by atoms with Gasteiger partial charge in [-0.3, -0.25) is 0 Å². The fraction of sp³-hybridized carbons (Fsp3) is 0.286. The number of hydrogen-bond donors (Lipinski definition) is 1. The third-order valence-corrected chi connectivity index (χ3v) is 3.42. The van der Waals surface area contributed by atoms with E-state index in [0.717, 1.165) is 22.9 Å². The van der Waals surface area contributed by atoms with Crippen LogP contribution in [0.3, 0.4) is 0 Å². The molecule has 0 saturated carbocycles. The number of H-pyrrole nitrogens is 1. The normalized spacial score (nSPS) is 10.4. The summed E-state index contributed by atoms with van der Waals surface area (Å²) in [6, 6.07) is 7.51. The maximum absolute atomic E-state index is 11.7. The zero-order valence-corrected chi connectivity index (χ0v) is 11.6. The predicted molar refractivity (Wildman–Crippen MR) is 75.2 cm³/mol. The third-order valence-electron chi connectivity index (χ3n) is 2.45. The third kappa shape index (κ3) is 4.13. The van der Waals surface area contributed by atoms with Crippen molar-refractivity contribution in [2.45, 2.75) is 24.3 Å². The lowest BCUT2D eigenvalue weighted by Gasteiger charge is -2.05. The van der Waals surface area contributed by atoms with Crippen LogP contribution in [0.25, 0.3) is 0 Å². The number of carbonyl (C=O) groups is 1. The van der Waals surface area contributed by atoms with Crippen molar-refractivity contribution in [2.24, 2.45) is 0 Å². The Morgan fingerprint density at radius 3 is 3.11 bits per heavy atom. The minimum absolute atomic E-state index is 0.258. The van der Waals surface area contributed by atoms with Crippen molar-refractivity contribution >= 4 is 17.7 Å². The summed E-state index contributed by atoms with van der Waals surface area (Å²) in [6.45, 7) is 2.44. The first-order valence-electron chi connectivity index (χ1n) is 6.18. The molecule has 100 valence electrons. The van der Waals surface area contributed by atoms with Crippen molar-refractivity contribution in [1.82, 2.24) is 9.97 Å². The number of nitrogens with zero attached hydrogens (tertiary/aromatic N) is 1. The molecule has 1 N–H and O–H groups in total. The van der Waals surface area contributed by atoms with Crippen LogP contribution in [0.1, 0.15) is 29.3 Å². The molecule has 0 unspecified atom stereocenters. The van der Waals surface area contributed by atoms with Crippen LogP contribution in [0.15, 0.2) is 41.8 Å². The molecule has 1 aromatic heterocycles. The molecule has 1 heterocycles. The number of benzene rings is 1. The van der Waals surface area contributed by atoms with Gasteiger partial charge in [-0.2, -0.15) is 0 Å². The average molecular weight is 276 g/mol. The van der Waals surface area contributed by atoms with Crippen molar-refractivity contribution in [3.63, 3.8) is 0 Å². The van der Waals surface area contributed by atoms with E-state index in [4.69, 9.17) is 4.74 Å². The lowest BCUT2D eigenvalue weighted by Crippen LogP contribution is -2.06. The molecule has 0 aliphatic heterocycles. The second-order valence-electron chi connectivity index (χ2n) is 4.02. The summed E-state index contributed by atoms with van der Waals surface area (Å²) in [5.74, 6) is 0.509. The summed E-state index contributed by atoms with van der Waals surface area (Å²) in [5.41, 5.74) is 1.68. The first kappa shape index (κ1) is 13.7. The minimum Gasteiger partial charge on any atom is -0.462 e. The van der Waals surface area contributed by atoms with E-state index >= 15 is 0 Å². The van der Waals surface area contributed by atoms with Gasteiger partial charge in [0.25, 0.3) is 0 Å². The van der Waals surface area contributed by atoms with Crippen LogP contribution < -0.4 is 0 Å². The van der Waals surface area contributed by atoms with Crippen molar-refractivity contribution in [3.8, 4) is 0 Å². The molecular weight excluding hydrogens is 260 g/mol. The van der Waals surface area contributed by atoms with Gasteiger partial charge in [-0.25, -0.2) is 9.78 Å². The van der Waals surface area contributed by atoms with Gasteiger partial charge in [0.2, 0.25) is 0 Å².